The highest BCUT2D eigenvalue weighted by Crippen LogP contribution is 2.29. The van der Waals surface area contributed by atoms with Gasteiger partial charge in [0.15, 0.2) is 17.3 Å². The van der Waals surface area contributed by atoms with E-state index in [1.807, 2.05) is 49.4 Å². The van der Waals surface area contributed by atoms with Crippen LogP contribution in [0.15, 0.2) is 66.7 Å². The average molecular weight is 457 g/mol. The summed E-state index contributed by atoms with van der Waals surface area (Å²) < 4.78 is 17.0. The van der Waals surface area contributed by atoms with Crippen molar-refractivity contribution in [2.45, 2.75) is 13.5 Å². The second-order valence-electron chi connectivity index (χ2n) is 6.56. The van der Waals surface area contributed by atoms with Crippen molar-refractivity contribution >= 4 is 35.1 Å². The maximum Gasteiger partial charge on any atom is 0.187 e. The van der Waals surface area contributed by atoms with Crippen molar-refractivity contribution in [2.24, 2.45) is 0 Å². The molecular formula is C25H22Cl2O4. The minimum Gasteiger partial charge on any atom is -0.496 e. The molecule has 160 valence electrons. The molecule has 3 aromatic carbocycles. The highest BCUT2D eigenvalue weighted by Gasteiger charge is 2.10. The summed E-state index contributed by atoms with van der Waals surface area (Å²) >= 11 is 12.0. The van der Waals surface area contributed by atoms with Crippen LogP contribution in [0.2, 0.25) is 10.0 Å². The van der Waals surface area contributed by atoms with E-state index in [-0.39, 0.29) is 12.4 Å². The number of carbonyl (C=O) groups excluding carboxylic acids is 1. The number of carbonyl (C=O) groups is 1. The lowest BCUT2D eigenvalue weighted by Gasteiger charge is -2.14. The summed E-state index contributed by atoms with van der Waals surface area (Å²) in [5.41, 5.74) is 2.07. The predicted octanol–water partition coefficient (Wildman–Crippen LogP) is 6.88. The topological polar surface area (TPSA) is 44.8 Å². The second-order valence-corrected chi connectivity index (χ2v) is 7.41. The minimum atomic E-state index is -0.207. The number of ether oxygens (including phenoxy) is 3. The van der Waals surface area contributed by atoms with Gasteiger partial charge in [0, 0.05) is 16.1 Å². The lowest BCUT2D eigenvalue weighted by Crippen LogP contribution is -2.01. The molecule has 0 aliphatic rings. The number of methoxy groups -OCH3 is 1. The zero-order chi connectivity index (χ0) is 22.2. The molecule has 6 heteroatoms. The number of rotatable bonds is 9. The van der Waals surface area contributed by atoms with E-state index < -0.39 is 0 Å². The number of halogens is 2. The van der Waals surface area contributed by atoms with Crippen LogP contribution in [0.4, 0.5) is 0 Å². The molecule has 0 bridgehead atoms. The highest BCUT2D eigenvalue weighted by molar-refractivity contribution is 6.37. The molecule has 4 nitrogen and oxygen atoms in total. The molecule has 31 heavy (non-hydrogen) atoms. The minimum absolute atomic E-state index is 0.207. The fraction of sp³-hybridized carbons (Fsp3) is 0.160. The van der Waals surface area contributed by atoms with E-state index in [0.717, 1.165) is 11.1 Å². The van der Waals surface area contributed by atoms with Crippen molar-refractivity contribution in [2.75, 3.05) is 13.7 Å². The van der Waals surface area contributed by atoms with Crippen LogP contribution < -0.4 is 14.2 Å². The molecule has 0 aliphatic heterocycles. The van der Waals surface area contributed by atoms with Crippen molar-refractivity contribution in [1.29, 1.82) is 0 Å². The summed E-state index contributed by atoms with van der Waals surface area (Å²) in [6.07, 6.45) is 3.20. The van der Waals surface area contributed by atoms with Crippen LogP contribution in [0.5, 0.6) is 17.2 Å². The summed E-state index contributed by atoms with van der Waals surface area (Å²) in [7, 11) is 1.61. The van der Waals surface area contributed by atoms with Crippen LogP contribution in [-0.2, 0) is 6.61 Å². The van der Waals surface area contributed by atoms with Crippen molar-refractivity contribution in [3.8, 4) is 17.2 Å². The van der Waals surface area contributed by atoms with Gasteiger partial charge in [-0.05, 0) is 61.0 Å². The Balaban J connectivity index is 1.77. The van der Waals surface area contributed by atoms with Crippen molar-refractivity contribution in [3.63, 3.8) is 0 Å². The third kappa shape index (κ3) is 6.03. The fourth-order valence-electron chi connectivity index (χ4n) is 2.97. The van der Waals surface area contributed by atoms with Crippen LogP contribution in [0.3, 0.4) is 0 Å². The van der Waals surface area contributed by atoms with Crippen LogP contribution in [0, 0.1) is 0 Å². The zero-order valence-electron chi connectivity index (χ0n) is 17.2. The van der Waals surface area contributed by atoms with Crippen LogP contribution >= 0.6 is 23.2 Å². The molecular weight excluding hydrogens is 435 g/mol. The summed E-state index contributed by atoms with van der Waals surface area (Å²) in [5.74, 6) is 1.82. The summed E-state index contributed by atoms with van der Waals surface area (Å²) in [4.78, 5) is 12.5. The molecule has 0 atom stereocenters. The SMILES string of the molecule is CCOc1ccccc1OCc1cc(/C=C/C(=O)c2ccc(Cl)cc2Cl)ccc1OC. The van der Waals surface area contributed by atoms with Crippen molar-refractivity contribution in [3.05, 3.63) is 93.5 Å². The van der Waals surface area contributed by atoms with Gasteiger partial charge in [-0.3, -0.25) is 4.79 Å². The van der Waals surface area contributed by atoms with E-state index in [9.17, 15) is 4.79 Å². The number of para-hydroxylation sites is 2. The van der Waals surface area contributed by atoms with E-state index in [1.165, 1.54) is 6.08 Å². The Labute approximate surface area is 192 Å². The van der Waals surface area contributed by atoms with E-state index in [2.05, 4.69) is 0 Å². The quantitative estimate of drug-likeness (QED) is 0.260. The van der Waals surface area contributed by atoms with Gasteiger partial charge in [-0.1, -0.05) is 47.5 Å². The first-order valence-corrected chi connectivity index (χ1v) is 10.5. The van der Waals surface area contributed by atoms with Gasteiger partial charge in [-0.25, -0.2) is 0 Å². The van der Waals surface area contributed by atoms with Crippen molar-refractivity contribution in [1.82, 2.24) is 0 Å². The van der Waals surface area contributed by atoms with Crippen LogP contribution in [0.1, 0.15) is 28.4 Å². The molecule has 0 heterocycles. The monoisotopic (exact) mass is 456 g/mol. The molecule has 0 amide bonds. The standard InChI is InChI=1S/C25H22Cl2O4/c1-3-30-24-6-4-5-7-25(24)31-16-18-14-17(9-13-23(18)29-2)8-12-22(28)20-11-10-19(26)15-21(20)27/h4-15H,3,16H2,1-2H3/b12-8+. The molecule has 0 aromatic heterocycles. The fourth-order valence-corrected chi connectivity index (χ4v) is 3.47. The molecule has 0 aliphatic carbocycles. The molecule has 0 saturated heterocycles. The molecule has 0 saturated carbocycles. The third-order valence-electron chi connectivity index (χ3n) is 4.46. The largest absolute Gasteiger partial charge is 0.496 e. The Kier molecular flexibility index (Phi) is 7.99. The second kappa shape index (κ2) is 10.9. The van der Waals surface area contributed by atoms with Crippen LogP contribution in [-0.4, -0.2) is 19.5 Å². The van der Waals surface area contributed by atoms with E-state index in [0.29, 0.717) is 39.5 Å². The Bertz CT molecular complexity index is 1090. The number of benzene rings is 3. The molecule has 3 rings (SSSR count). The Morgan fingerprint density at radius 2 is 1.68 bits per heavy atom. The molecule has 0 radical (unpaired) electrons. The predicted molar refractivity (Wildman–Crippen MR) is 125 cm³/mol. The number of hydrogen-bond acceptors (Lipinski definition) is 4. The summed E-state index contributed by atoms with van der Waals surface area (Å²) in [6, 6.07) is 17.9. The molecule has 0 spiro atoms. The van der Waals surface area contributed by atoms with Gasteiger partial charge >= 0.3 is 0 Å². The molecule has 3 aromatic rings. The van der Waals surface area contributed by atoms with Gasteiger partial charge in [0.05, 0.1) is 18.7 Å². The summed E-state index contributed by atoms with van der Waals surface area (Å²) in [6.45, 7) is 2.76. The highest BCUT2D eigenvalue weighted by atomic mass is 35.5. The molecule has 0 fully saturated rings. The lowest BCUT2D eigenvalue weighted by atomic mass is 10.1. The third-order valence-corrected chi connectivity index (χ3v) is 5.01. The first-order chi connectivity index (χ1) is 15.0. The summed E-state index contributed by atoms with van der Waals surface area (Å²) in [5, 5.41) is 0.801. The number of hydrogen-bond donors (Lipinski definition) is 0. The maximum absolute atomic E-state index is 12.5. The number of allylic oxidation sites excluding steroid dienone is 1. The van der Waals surface area contributed by atoms with Crippen LogP contribution in [0.25, 0.3) is 6.08 Å². The Hall–Kier alpha value is -2.95. The van der Waals surface area contributed by atoms with E-state index in [4.69, 9.17) is 37.4 Å². The first-order valence-electron chi connectivity index (χ1n) is 9.70. The van der Waals surface area contributed by atoms with Gasteiger partial charge in [-0.15, -0.1) is 0 Å². The Morgan fingerprint density at radius 3 is 2.35 bits per heavy atom. The van der Waals surface area contributed by atoms with Gasteiger partial charge in [0.25, 0.3) is 0 Å². The normalized spacial score (nSPS) is 10.8. The maximum atomic E-state index is 12.5. The van der Waals surface area contributed by atoms with E-state index >= 15 is 0 Å². The lowest BCUT2D eigenvalue weighted by molar-refractivity contribution is 0.104. The van der Waals surface area contributed by atoms with E-state index in [1.54, 1.807) is 31.4 Å². The molecule has 0 unspecified atom stereocenters. The smallest absolute Gasteiger partial charge is 0.187 e. The average Bonchev–Trinajstić information content (AvgIpc) is 2.77. The Morgan fingerprint density at radius 1 is 0.935 bits per heavy atom. The number of ketones is 1. The van der Waals surface area contributed by atoms with Crippen molar-refractivity contribution < 1.29 is 19.0 Å². The van der Waals surface area contributed by atoms with Gasteiger partial charge in [0.1, 0.15) is 12.4 Å². The van der Waals surface area contributed by atoms with Gasteiger partial charge < -0.3 is 14.2 Å². The molecule has 0 N–H and O–H groups in total. The van der Waals surface area contributed by atoms with Gasteiger partial charge in [-0.2, -0.15) is 0 Å². The first kappa shape index (κ1) is 22.7. The zero-order valence-corrected chi connectivity index (χ0v) is 18.7. The van der Waals surface area contributed by atoms with Gasteiger partial charge in [0.2, 0.25) is 0 Å².